The first-order valence-corrected chi connectivity index (χ1v) is 9.89. The van der Waals surface area contributed by atoms with Crippen molar-refractivity contribution in [1.29, 1.82) is 10.5 Å². The van der Waals surface area contributed by atoms with Crippen LogP contribution >= 0.6 is 0 Å². The summed E-state index contributed by atoms with van der Waals surface area (Å²) in [5.74, 6) is 0. The molecule has 1 fully saturated rings. The highest BCUT2D eigenvalue weighted by atomic mass is 15.3. The third kappa shape index (κ3) is 2.14. The summed E-state index contributed by atoms with van der Waals surface area (Å²) >= 11 is 0. The smallest absolute Gasteiger partial charge is 0.165 e. The second-order valence-electron chi connectivity index (χ2n) is 8.25. The highest BCUT2D eigenvalue weighted by Gasteiger charge is 2.63. The Hall–Kier alpha value is -3.40. The third-order valence-electron chi connectivity index (χ3n) is 6.82. The molecule has 1 aliphatic carbocycles. The van der Waals surface area contributed by atoms with Crippen molar-refractivity contribution < 1.29 is 0 Å². The molecule has 1 atom stereocenters. The predicted octanol–water partition coefficient (Wildman–Crippen LogP) is 5.33. The van der Waals surface area contributed by atoms with Crippen LogP contribution in [-0.2, 0) is 5.54 Å². The molecular weight excluding hydrogens is 354 g/mol. The number of likely N-dealkylation sites (tertiary alicyclic amines) is 1. The minimum absolute atomic E-state index is 0.308. The van der Waals surface area contributed by atoms with Crippen LogP contribution in [-0.4, -0.2) is 11.9 Å². The first-order chi connectivity index (χ1) is 14.1. The van der Waals surface area contributed by atoms with Crippen LogP contribution in [0.3, 0.4) is 0 Å². The largest absolute Gasteiger partial charge is 0.283 e. The van der Waals surface area contributed by atoms with Crippen LogP contribution in [0.1, 0.15) is 34.7 Å². The van der Waals surface area contributed by atoms with E-state index in [1.165, 1.54) is 27.8 Å². The van der Waals surface area contributed by atoms with E-state index in [4.69, 9.17) is 0 Å². The summed E-state index contributed by atoms with van der Waals surface area (Å²) in [6, 6.07) is 29.6. The minimum atomic E-state index is -1.13. The fourth-order valence-corrected chi connectivity index (χ4v) is 5.53. The number of hydrogen-bond donors (Lipinski definition) is 0. The normalized spacial score (nSPS) is 20.6. The zero-order valence-corrected chi connectivity index (χ0v) is 16.6. The highest BCUT2D eigenvalue weighted by Crippen LogP contribution is 2.64. The van der Waals surface area contributed by atoms with Gasteiger partial charge in [-0.05, 0) is 41.8 Å². The standard InChI is InChI=1S/C26H21N3/c1-18-11-13-19(14-12-18)24-25(16-27,17-28)15-26(29(24)2)22-9-5-3-7-20(22)21-8-4-6-10-23(21)26/h3-14,24H,15H2,1-2H3/t24-/m1/s1. The number of rotatable bonds is 1. The van der Waals surface area contributed by atoms with Crippen LogP contribution in [0, 0.1) is 35.0 Å². The number of nitriles is 2. The average molecular weight is 375 g/mol. The number of benzene rings is 3. The Morgan fingerprint density at radius 3 is 1.86 bits per heavy atom. The van der Waals surface area contributed by atoms with Gasteiger partial charge in [-0.1, -0.05) is 78.4 Å². The maximum absolute atomic E-state index is 10.3. The van der Waals surface area contributed by atoms with Gasteiger partial charge in [-0.15, -0.1) is 0 Å². The quantitative estimate of drug-likeness (QED) is 0.578. The Kier molecular flexibility index (Phi) is 3.69. The Labute approximate surface area is 171 Å². The Balaban J connectivity index is 1.81. The van der Waals surface area contributed by atoms with Crippen LogP contribution < -0.4 is 0 Å². The van der Waals surface area contributed by atoms with Gasteiger partial charge in [0.2, 0.25) is 0 Å². The van der Waals surface area contributed by atoms with E-state index in [0.29, 0.717) is 6.42 Å². The predicted molar refractivity (Wildman–Crippen MR) is 113 cm³/mol. The Bertz CT molecular complexity index is 1130. The molecule has 0 aromatic heterocycles. The summed E-state index contributed by atoms with van der Waals surface area (Å²) in [7, 11) is 2.07. The molecular formula is C26H21N3. The average Bonchev–Trinajstić information content (AvgIpc) is 3.20. The molecule has 0 saturated carbocycles. The lowest BCUT2D eigenvalue weighted by Crippen LogP contribution is -2.39. The third-order valence-corrected chi connectivity index (χ3v) is 6.82. The minimum Gasteiger partial charge on any atom is -0.283 e. The molecule has 0 unspecified atom stereocenters. The SMILES string of the molecule is Cc1ccc([C@H]2N(C)C3(CC2(C#N)C#N)c2ccccc2-c2ccccc23)cc1. The van der Waals surface area contributed by atoms with Crippen molar-refractivity contribution in [3.8, 4) is 23.3 Å². The Morgan fingerprint density at radius 1 is 0.828 bits per heavy atom. The lowest BCUT2D eigenvalue weighted by molar-refractivity contribution is 0.168. The molecule has 3 heteroatoms. The van der Waals surface area contributed by atoms with Crippen LogP contribution in [0.2, 0.25) is 0 Å². The molecule has 3 aromatic rings. The van der Waals surface area contributed by atoms with E-state index in [1.54, 1.807) is 0 Å². The van der Waals surface area contributed by atoms with Crippen molar-refractivity contribution in [2.45, 2.75) is 24.9 Å². The van der Waals surface area contributed by atoms with Crippen molar-refractivity contribution in [3.05, 3.63) is 95.1 Å². The van der Waals surface area contributed by atoms with E-state index in [9.17, 15) is 10.5 Å². The first-order valence-electron chi connectivity index (χ1n) is 9.89. The number of aryl methyl sites for hydroxylation is 1. The molecule has 0 N–H and O–H groups in total. The van der Waals surface area contributed by atoms with Crippen molar-refractivity contribution in [3.63, 3.8) is 0 Å². The molecule has 0 bridgehead atoms. The van der Waals surface area contributed by atoms with Gasteiger partial charge in [-0.25, -0.2) is 0 Å². The molecule has 1 aliphatic heterocycles. The highest BCUT2D eigenvalue weighted by molar-refractivity contribution is 5.81. The van der Waals surface area contributed by atoms with Gasteiger partial charge >= 0.3 is 0 Å². The number of fused-ring (bicyclic) bond motifs is 5. The molecule has 1 saturated heterocycles. The molecule has 2 aliphatic rings. The summed E-state index contributed by atoms with van der Waals surface area (Å²) < 4.78 is 0. The van der Waals surface area contributed by atoms with Gasteiger partial charge in [0.05, 0.1) is 23.7 Å². The van der Waals surface area contributed by atoms with Crippen LogP contribution in [0.25, 0.3) is 11.1 Å². The van der Waals surface area contributed by atoms with E-state index in [-0.39, 0.29) is 6.04 Å². The van der Waals surface area contributed by atoms with Gasteiger partial charge < -0.3 is 0 Å². The fraction of sp³-hybridized carbons (Fsp3) is 0.231. The molecule has 3 aromatic carbocycles. The molecule has 0 radical (unpaired) electrons. The molecule has 0 amide bonds. The van der Waals surface area contributed by atoms with Gasteiger partial charge in [0.25, 0.3) is 0 Å². The van der Waals surface area contributed by atoms with E-state index in [0.717, 1.165) is 5.56 Å². The zero-order valence-electron chi connectivity index (χ0n) is 16.6. The molecule has 140 valence electrons. The Morgan fingerprint density at radius 2 is 1.34 bits per heavy atom. The van der Waals surface area contributed by atoms with Gasteiger partial charge in [-0.3, -0.25) is 4.90 Å². The molecule has 1 spiro atoms. The van der Waals surface area contributed by atoms with E-state index in [2.05, 4.69) is 104 Å². The van der Waals surface area contributed by atoms with E-state index in [1.807, 2.05) is 0 Å². The second kappa shape index (κ2) is 6.05. The summed E-state index contributed by atoms with van der Waals surface area (Å²) in [5, 5.41) is 20.5. The molecule has 3 nitrogen and oxygen atoms in total. The van der Waals surface area contributed by atoms with Crippen molar-refractivity contribution in [2.24, 2.45) is 5.41 Å². The number of hydrogen-bond acceptors (Lipinski definition) is 3. The second-order valence-corrected chi connectivity index (χ2v) is 8.25. The maximum atomic E-state index is 10.3. The van der Waals surface area contributed by atoms with Crippen LogP contribution in [0.15, 0.2) is 72.8 Å². The summed E-state index contributed by atoms with van der Waals surface area (Å²) in [5.41, 5.74) is 5.33. The van der Waals surface area contributed by atoms with Crippen molar-refractivity contribution in [2.75, 3.05) is 7.05 Å². The zero-order chi connectivity index (χ0) is 20.2. The van der Waals surface area contributed by atoms with Crippen LogP contribution in [0.5, 0.6) is 0 Å². The first kappa shape index (κ1) is 17.7. The fourth-order valence-electron chi connectivity index (χ4n) is 5.53. The van der Waals surface area contributed by atoms with Crippen LogP contribution in [0.4, 0.5) is 0 Å². The summed E-state index contributed by atoms with van der Waals surface area (Å²) in [4.78, 5) is 2.27. The lowest BCUT2D eigenvalue weighted by Gasteiger charge is -2.37. The lowest BCUT2D eigenvalue weighted by atomic mass is 9.74. The monoisotopic (exact) mass is 375 g/mol. The summed E-state index contributed by atoms with van der Waals surface area (Å²) in [6.07, 6.45) is 0.454. The number of nitrogens with zero attached hydrogens (tertiary/aromatic N) is 3. The van der Waals surface area contributed by atoms with E-state index >= 15 is 0 Å². The van der Waals surface area contributed by atoms with Crippen molar-refractivity contribution >= 4 is 0 Å². The maximum Gasteiger partial charge on any atom is 0.165 e. The van der Waals surface area contributed by atoms with E-state index < -0.39 is 11.0 Å². The van der Waals surface area contributed by atoms with Gasteiger partial charge in [-0.2, -0.15) is 10.5 Å². The molecule has 29 heavy (non-hydrogen) atoms. The van der Waals surface area contributed by atoms with Crippen molar-refractivity contribution in [1.82, 2.24) is 4.90 Å². The van der Waals surface area contributed by atoms with Gasteiger partial charge in [0.1, 0.15) is 0 Å². The topological polar surface area (TPSA) is 50.8 Å². The molecule has 5 rings (SSSR count). The summed E-state index contributed by atoms with van der Waals surface area (Å²) in [6.45, 7) is 2.05. The van der Waals surface area contributed by atoms with Gasteiger partial charge in [0.15, 0.2) is 5.41 Å². The van der Waals surface area contributed by atoms with Gasteiger partial charge in [0, 0.05) is 6.42 Å². The molecule has 1 heterocycles.